The van der Waals surface area contributed by atoms with E-state index in [1.807, 2.05) is 11.9 Å². The van der Waals surface area contributed by atoms with E-state index in [1.54, 1.807) is 11.0 Å². The fraction of sp³-hybridized carbons (Fsp3) is 0.464. The van der Waals surface area contributed by atoms with Gasteiger partial charge < -0.3 is 19.4 Å². The number of ether oxygens (including phenoxy) is 1. The maximum atomic E-state index is 13.7. The molecule has 0 aliphatic carbocycles. The van der Waals surface area contributed by atoms with Gasteiger partial charge in [-0.25, -0.2) is 9.50 Å². The van der Waals surface area contributed by atoms with Gasteiger partial charge in [-0.1, -0.05) is 24.8 Å². The Morgan fingerprint density at radius 2 is 2.05 bits per heavy atom. The number of likely N-dealkylation sites (tertiary alicyclic amines) is 1. The van der Waals surface area contributed by atoms with Gasteiger partial charge in [0.25, 0.3) is 0 Å². The van der Waals surface area contributed by atoms with E-state index in [9.17, 15) is 23.2 Å². The molecule has 0 N–H and O–H groups in total. The quantitative estimate of drug-likeness (QED) is 0.382. The molecular formula is C28H31F3N8O2. The lowest BCUT2D eigenvalue weighted by atomic mass is 10.0. The van der Waals surface area contributed by atoms with Crippen LogP contribution in [0.5, 0.6) is 6.01 Å². The number of aromatic nitrogens is 4. The van der Waals surface area contributed by atoms with Crippen LogP contribution in [0.15, 0.2) is 43.1 Å². The van der Waals surface area contributed by atoms with Crippen molar-refractivity contribution in [1.29, 1.82) is 5.26 Å². The number of piperazine rings is 1. The average molecular weight is 569 g/mol. The van der Waals surface area contributed by atoms with Crippen LogP contribution >= 0.6 is 0 Å². The minimum atomic E-state index is -4.50. The monoisotopic (exact) mass is 568 g/mol. The Morgan fingerprint density at radius 3 is 2.76 bits per heavy atom. The number of hydrogen-bond donors (Lipinski definition) is 0. The van der Waals surface area contributed by atoms with E-state index in [-0.39, 0.29) is 36.4 Å². The number of benzene rings is 1. The van der Waals surface area contributed by atoms with Gasteiger partial charge in [-0.2, -0.15) is 23.4 Å². The Morgan fingerprint density at radius 1 is 1.24 bits per heavy atom. The van der Waals surface area contributed by atoms with E-state index < -0.39 is 17.8 Å². The summed E-state index contributed by atoms with van der Waals surface area (Å²) in [6, 6.07) is 7.46. The third kappa shape index (κ3) is 5.97. The summed E-state index contributed by atoms with van der Waals surface area (Å²) < 4.78 is 48.7. The third-order valence-electron chi connectivity index (χ3n) is 7.73. The summed E-state index contributed by atoms with van der Waals surface area (Å²) >= 11 is 0. The number of imidazole rings is 1. The van der Waals surface area contributed by atoms with Gasteiger partial charge in [-0.15, -0.1) is 5.10 Å². The van der Waals surface area contributed by atoms with Gasteiger partial charge in [0.05, 0.1) is 36.0 Å². The topological polar surface area (TPSA) is 103 Å². The summed E-state index contributed by atoms with van der Waals surface area (Å²) in [5, 5.41) is 13.9. The molecule has 5 rings (SSSR count). The molecule has 2 saturated heterocycles. The first-order valence-electron chi connectivity index (χ1n) is 13.5. The molecule has 0 bridgehead atoms. The van der Waals surface area contributed by atoms with E-state index in [2.05, 4.69) is 32.6 Å². The van der Waals surface area contributed by atoms with E-state index in [0.29, 0.717) is 43.4 Å². The molecule has 0 saturated carbocycles. The zero-order valence-corrected chi connectivity index (χ0v) is 22.7. The van der Waals surface area contributed by atoms with Crippen LogP contribution in [0.1, 0.15) is 36.1 Å². The molecule has 2 aliphatic heterocycles. The van der Waals surface area contributed by atoms with Crippen molar-refractivity contribution in [2.24, 2.45) is 0 Å². The van der Waals surface area contributed by atoms with Gasteiger partial charge >= 0.3 is 12.2 Å². The molecule has 2 aliphatic rings. The number of likely N-dealkylation sites (N-methyl/N-ethyl adjacent to an activating group) is 1. The average Bonchev–Trinajstić information content (AvgIpc) is 3.56. The fourth-order valence-electron chi connectivity index (χ4n) is 5.53. The third-order valence-corrected chi connectivity index (χ3v) is 7.73. The van der Waals surface area contributed by atoms with Crippen molar-refractivity contribution in [2.45, 2.75) is 43.9 Å². The number of halogens is 3. The van der Waals surface area contributed by atoms with Crippen molar-refractivity contribution in [2.75, 3.05) is 44.7 Å². The van der Waals surface area contributed by atoms with Crippen LogP contribution in [-0.2, 0) is 17.4 Å². The molecule has 4 heterocycles. The minimum absolute atomic E-state index is 0.0588. The second kappa shape index (κ2) is 11.7. The number of nitrogens with zero attached hydrogens (tertiary/aromatic N) is 8. The SMILES string of the molecule is C=CC(=O)N1CCN(c2nc(OC[C@@H]3CCCN3C)nn3c(Cc4ccccc4C(F)(F)F)cnc23)C[C@@H]1CC#N. The summed E-state index contributed by atoms with van der Waals surface area (Å²) in [6.45, 7) is 5.94. The summed E-state index contributed by atoms with van der Waals surface area (Å²) in [7, 11) is 2.03. The smallest absolute Gasteiger partial charge is 0.416 e. The molecule has 13 heteroatoms. The van der Waals surface area contributed by atoms with Crippen molar-refractivity contribution >= 4 is 17.4 Å². The largest absolute Gasteiger partial charge is 0.461 e. The lowest BCUT2D eigenvalue weighted by Gasteiger charge is -2.40. The van der Waals surface area contributed by atoms with Crippen LogP contribution in [0, 0.1) is 11.3 Å². The molecule has 3 aromatic rings. The Labute approximate surface area is 235 Å². The first-order chi connectivity index (χ1) is 19.7. The molecule has 41 heavy (non-hydrogen) atoms. The van der Waals surface area contributed by atoms with E-state index in [4.69, 9.17) is 4.74 Å². The summed E-state index contributed by atoms with van der Waals surface area (Å²) in [6.07, 6.45) is 0.323. The number of anilines is 1. The standard InChI is InChI=1S/C28H31F3N8O2/c1-3-24(40)38-14-13-37(17-20(38)10-11-32)26-25-33-16-22(15-19-7-4-5-9-23(19)28(29,30)31)39(25)35-27(34-26)41-18-21-8-6-12-36(21)2/h3-5,7,9,16,20-21H,1,6,8,10,12-15,17-18H2,2H3/t20-,21-/m0/s1. The normalized spacial score (nSPS) is 19.9. The molecule has 2 fully saturated rings. The summed E-state index contributed by atoms with van der Waals surface area (Å²) in [5.41, 5.74) is 0.182. The van der Waals surface area contributed by atoms with E-state index in [1.165, 1.54) is 28.9 Å². The van der Waals surface area contributed by atoms with Crippen molar-refractivity contribution in [3.05, 3.63) is 59.9 Å². The molecule has 0 unspecified atom stereocenters. The van der Waals surface area contributed by atoms with Crippen molar-refractivity contribution in [3.8, 4) is 12.1 Å². The van der Waals surface area contributed by atoms with Crippen LogP contribution in [0.3, 0.4) is 0 Å². The first kappa shape index (κ1) is 28.4. The second-order valence-electron chi connectivity index (χ2n) is 10.3. The highest BCUT2D eigenvalue weighted by Gasteiger charge is 2.34. The number of fused-ring (bicyclic) bond motifs is 1. The number of nitriles is 1. The number of alkyl halides is 3. The molecule has 1 amide bonds. The highest BCUT2D eigenvalue weighted by atomic mass is 19.4. The number of carbonyl (C=O) groups excluding carboxylic acids is 1. The maximum Gasteiger partial charge on any atom is 0.416 e. The zero-order valence-electron chi connectivity index (χ0n) is 22.7. The number of carbonyl (C=O) groups is 1. The number of amides is 1. The van der Waals surface area contributed by atoms with Crippen molar-refractivity contribution in [3.63, 3.8) is 0 Å². The van der Waals surface area contributed by atoms with Gasteiger partial charge in [0.2, 0.25) is 5.91 Å². The van der Waals surface area contributed by atoms with Crippen LogP contribution in [-0.4, -0.2) is 87.2 Å². The molecule has 1 aromatic carbocycles. The Bertz CT molecular complexity index is 1470. The van der Waals surface area contributed by atoms with Gasteiger partial charge in [0, 0.05) is 32.1 Å². The second-order valence-corrected chi connectivity index (χ2v) is 10.3. The molecule has 0 radical (unpaired) electrons. The lowest BCUT2D eigenvalue weighted by Crippen LogP contribution is -2.55. The van der Waals surface area contributed by atoms with Gasteiger partial charge in [0.15, 0.2) is 11.5 Å². The molecule has 2 atom stereocenters. The van der Waals surface area contributed by atoms with Gasteiger partial charge in [-0.05, 0) is 44.1 Å². The number of rotatable bonds is 8. The van der Waals surface area contributed by atoms with Crippen LogP contribution in [0.2, 0.25) is 0 Å². The summed E-state index contributed by atoms with van der Waals surface area (Å²) in [4.78, 5) is 27.3. The van der Waals surface area contributed by atoms with Crippen molar-refractivity contribution < 1.29 is 22.7 Å². The van der Waals surface area contributed by atoms with Crippen LogP contribution in [0.25, 0.3) is 5.65 Å². The Kier molecular flexibility index (Phi) is 8.12. The first-order valence-corrected chi connectivity index (χ1v) is 13.5. The fourth-order valence-corrected chi connectivity index (χ4v) is 5.53. The predicted octanol–water partition coefficient (Wildman–Crippen LogP) is 3.32. The van der Waals surface area contributed by atoms with Crippen LogP contribution < -0.4 is 9.64 Å². The Hall–Kier alpha value is -4.18. The highest BCUT2D eigenvalue weighted by Crippen LogP contribution is 2.33. The zero-order chi connectivity index (χ0) is 29.1. The molecule has 2 aromatic heterocycles. The lowest BCUT2D eigenvalue weighted by molar-refractivity contribution is -0.138. The number of hydrogen-bond acceptors (Lipinski definition) is 8. The summed E-state index contributed by atoms with van der Waals surface area (Å²) in [5.74, 6) is 0.174. The van der Waals surface area contributed by atoms with Crippen molar-refractivity contribution in [1.82, 2.24) is 29.4 Å². The van der Waals surface area contributed by atoms with E-state index >= 15 is 0 Å². The van der Waals surface area contributed by atoms with E-state index in [0.717, 1.165) is 25.5 Å². The molecular weight excluding hydrogens is 537 g/mol. The molecule has 10 nitrogen and oxygen atoms in total. The highest BCUT2D eigenvalue weighted by molar-refractivity contribution is 5.87. The van der Waals surface area contributed by atoms with Crippen LogP contribution in [0.4, 0.5) is 19.0 Å². The van der Waals surface area contributed by atoms with Gasteiger partial charge in [-0.3, -0.25) is 4.79 Å². The maximum absolute atomic E-state index is 13.7. The van der Waals surface area contributed by atoms with Gasteiger partial charge in [0.1, 0.15) is 6.61 Å². The predicted molar refractivity (Wildman–Crippen MR) is 144 cm³/mol. The molecule has 216 valence electrons. The Balaban J connectivity index is 1.52. The minimum Gasteiger partial charge on any atom is -0.461 e. The molecule has 0 spiro atoms.